The summed E-state index contributed by atoms with van der Waals surface area (Å²) in [6.07, 6.45) is 1.10. The summed E-state index contributed by atoms with van der Waals surface area (Å²) in [6.45, 7) is 3.65. The van der Waals surface area contributed by atoms with Crippen LogP contribution in [0.1, 0.15) is 6.42 Å². The monoisotopic (exact) mass is 309 g/mol. The maximum Gasteiger partial charge on any atom is 0.193 e. The fourth-order valence-corrected chi connectivity index (χ4v) is 2.47. The van der Waals surface area contributed by atoms with Crippen molar-refractivity contribution in [1.82, 2.24) is 10.2 Å². The Labute approximate surface area is 131 Å². The molecule has 0 spiro atoms. The molecule has 0 saturated carbocycles. The Morgan fingerprint density at radius 3 is 3.09 bits per heavy atom. The van der Waals surface area contributed by atoms with Crippen LogP contribution in [0, 0.1) is 11.7 Å². The third-order valence-corrected chi connectivity index (χ3v) is 3.58. The Morgan fingerprint density at radius 2 is 2.41 bits per heavy atom. The van der Waals surface area contributed by atoms with Gasteiger partial charge < -0.3 is 19.7 Å². The van der Waals surface area contributed by atoms with Crippen LogP contribution in [0.3, 0.4) is 0 Å². The molecule has 0 radical (unpaired) electrons. The fourth-order valence-electron chi connectivity index (χ4n) is 2.47. The highest BCUT2D eigenvalue weighted by Gasteiger charge is 2.18. The summed E-state index contributed by atoms with van der Waals surface area (Å²) in [5.41, 5.74) is 0. The van der Waals surface area contributed by atoms with Crippen LogP contribution in [0.25, 0.3) is 0 Å². The zero-order valence-corrected chi connectivity index (χ0v) is 13.2. The maximum atomic E-state index is 13.0. The van der Waals surface area contributed by atoms with Crippen molar-refractivity contribution in [3.63, 3.8) is 0 Å². The van der Waals surface area contributed by atoms with Crippen LogP contribution >= 0.6 is 0 Å². The van der Waals surface area contributed by atoms with E-state index in [9.17, 15) is 4.39 Å². The van der Waals surface area contributed by atoms with Crippen LogP contribution in [0.4, 0.5) is 4.39 Å². The smallest absolute Gasteiger partial charge is 0.193 e. The van der Waals surface area contributed by atoms with Gasteiger partial charge in [0.05, 0.1) is 13.2 Å². The number of halogens is 1. The molecule has 0 aliphatic carbocycles. The largest absolute Gasteiger partial charge is 0.492 e. The molecule has 0 aromatic heterocycles. The average molecular weight is 309 g/mol. The van der Waals surface area contributed by atoms with Crippen LogP contribution in [-0.4, -0.2) is 57.9 Å². The first-order valence-electron chi connectivity index (χ1n) is 7.57. The second kappa shape index (κ2) is 8.58. The molecule has 0 amide bonds. The van der Waals surface area contributed by atoms with Crippen molar-refractivity contribution in [2.75, 3.05) is 47.0 Å². The average Bonchev–Trinajstić information content (AvgIpc) is 3.00. The van der Waals surface area contributed by atoms with Crippen LogP contribution in [0.15, 0.2) is 29.3 Å². The highest BCUT2D eigenvalue weighted by Crippen LogP contribution is 2.13. The van der Waals surface area contributed by atoms with E-state index in [2.05, 4.69) is 15.2 Å². The van der Waals surface area contributed by atoms with Crippen molar-refractivity contribution >= 4 is 5.96 Å². The summed E-state index contributed by atoms with van der Waals surface area (Å²) < 4.78 is 23.9. The standard InChI is InChI=1S/C16H24FN3O2/c1-18-16(20(2)11-13-6-8-21-12-13)19-7-9-22-15-5-3-4-14(17)10-15/h3-5,10,13H,6-9,11-12H2,1-2H3,(H,18,19). The molecule has 0 bridgehead atoms. The second-order valence-corrected chi connectivity index (χ2v) is 5.39. The van der Waals surface area contributed by atoms with Crippen LogP contribution in [0.5, 0.6) is 5.75 Å². The molecule has 1 saturated heterocycles. The number of nitrogens with one attached hydrogen (secondary N) is 1. The summed E-state index contributed by atoms with van der Waals surface area (Å²) >= 11 is 0. The van der Waals surface area contributed by atoms with Gasteiger partial charge in [0.15, 0.2) is 5.96 Å². The van der Waals surface area contributed by atoms with E-state index in [-0.39, 0.29) is 5.82 Å². The molecule has 5 nitrogen and oxygen atoms in total. The summed E-state index contributed by atoms with van der Waals surface area (Å²) in [6, 6.07) is 6.15. The molecular weight excluding hydrogens is 285 g/mol. The molecule has 6 heteroatoms. The molecule has 1 aromatic carbocycles. The Hall–Kier alpha value is -1.82. The number of benzene rings is 1. The molecule has 2 rings (SSSR count). The van der Waals surface area contributed by atoms with Gasteiger partial charge in [0.2, 0.25) is 0 Å². The molecule has 1 N–H and O–H groups in total. The number of nitrogens with zero attached hydrogens (tertiary/aromatic N) is 2. The summed E-state index contributed by atoms with van der Waals surface area (Å²) in [5.74, 6) is 1.63. The summed E-state index contributed by atoms with van der Waals surface area (Å²) in [7, 11) is 3.78. The van der Waals surface area contributed by atoms with Crippen LogP contribution < -0.4 is 10.1 Å². The van der Waals surface area contributed by atoms with Crippen LogP contribution in [0.2, 0.25) is 0 Å². The number of guanidine groups is 1. The molecule has 1 aromatic rings. The highest BCUT2D eigenvalue weighted by molar-refractivity contribution is 5.79. The quantitative estimate of drug-likeness (QED) is 0.494. The lowest BCUT2D eigenvalue weighted by Gasteiger charge is -2.24. The van der Waals surface area contributed by atoms with Gasteiger partial charge >= 0.3 is 0 Å². The summed E-state index contributed by atoms with van der Waals surface area (Å²) in [5, 5.41) is 3.24. The third kappa shape index (κ3) is 5.18. The predicted molar refractivity (Wildman–Crippen MR) is 84.8 cm³/mol. The van der Waals surface area contributed by atoms with Gasteiger partial charge in [-0.25, -0.2) is 4.39 Å². The molecule has 22 heavy (non-hydrogen) atoms. The molecule has 1 atom stereocenters. The van der Waals surface area contributed by atoms with E-state index in [1.54, 1.807) is 19.2 Å². The third-order valence-electron chi connectivity index (χ3n) is 3.58. The zero-order valence-electron chi connectivity index (χ0n) is 13.2. The van der Waals surface area contributed by atoms with Gasteiger partial charge in [-0.1, -0.05) is 6.07 Å². The Kier molecular flexibility index (Phi) is 6.45. The molecule has 1 aliphatic rings. The number of hydrogen-bond acceptors (Lipinski definition) is 3. The second-order valence-electron chi connectivity index (χ2n) is 5.39. The van der Waals surface area contributed by atoms with E-state index in [1.807, 2.05) is 7.05 Å². The predicted octanol–water partition coefficient (Wildman–Crippen LogP) is 1.75. The lowest BCUT2D eigenvalue weighted by atomic mass is 10.1. The molecular formula is C16H24FN3O2. The topological polar surface area (TPSA) is 46.1 Å². The summed E-state index contributed by atoms with van der Waals surface area (Å²) in [4.78, 5) is 6.36. The van der Waals surface area contributed by atoms with Gasteiger partial charge in [-0.3, -0.25) is 4.99 Å². The first-order chi connectivity index (χ1) is 10.7. The maximum absolute atomic E-state index is 13.0. The highest BCUT2D eigenvalue weighted by atomic mass is 19.1. The number of aliphatic imine (C=N–C) groups is 1. The van der Waals surface area contributed by atoms with Crippen molar-refractivity contribution in [3.8, 4) is 5.75 Å². The zero-order chi connectivity index (χ0) is 15.8. The minimum Gasteiger partial charge on any atom is -0.492 e. The Bertz CT molecular complexity index is 490. The SMILES string of the molecule is CN=C(NCCOc1cccc(F)c1)N(C)CC1CCOC1. The van der Waals surface area contributed by atoms with E-state index in [0.29, 0.717) is 24.8 Å². The number of rotatable bonds is 6. The number of hydrogen-bond donors (Lipinski definition) is 1. The van der Waals surface area contributed by atoms with Crippen molar-refractivity contribution in [2.24, 2.45) is 10.9 Å². The minimum absolute atomic E-state index is 0.292. The minimum atomic E-state index is -0.292. The van der Waals surface area contributed by atoms with Gasteiger partial charge in [-0.05, 0) is 18.6 Å². The molecule has 1 heterocycles. The van der Waals surface area contributed by atoms with Crippen LogP contribution in [-0.2, 0) is 4.74 Å². The normalized spacial score (nSPS) is 18.3. The van der Waals surface area contributed by atoms with Crippen molar-refractivity contribution in [2.45, 2.75) is 6.42 Å². The van der Waals surface area contributed by atoms with E-state index in [1.165, 1.54) is 12.1 Å². The first kappa shape index (κ1) is 16.5. The molecule has 122 valence electrons. The van der Waals surface area contributed by atoms with E-state index >= 15 is 0 Å². The van der Waals surface area contributed by atoms with Gasteiger partial charge in [-0.15, -0.1) is 0 Å². The van der Waals surface area contributed by atoms with Gasteiger partial charge in [0, 0.05) is 39.2 Å². The fraction of sp³-hybridized carbons (Fsp3) is 0.562. The molecule has 1 fully saturated rings. The lowest BCUT2D eigenvalue weighted by molar-refractivity contribution is 0.181. The lowest BCUT2D eigenvalue weighted by Crippen LogP contribution is -2.42. The molecule has 1 unspecified atom stereocenters. The van der Waals surface area contributed by atoms with Gasteiger partial charge in [0.25, 0.3) is 0 Å². The number of ether oxygens (including phenoxy) is 2. The molecule has 1 aliphatic heterocycles. The Morgan fingerprint density at radius 1 is 1.55 bits per heavy atom. The van der Waals surface area contributed by atoms with E-state index in [4.69, 9.17) is 9.47 Å². The van der Waals surface area contributed by atoms with Gasteiger partial charge in [0.1, 0.15) is 18.2 Å². The van der Waals surface area contributed by atoms with E-state index < -0.39 is 0 Å². The van der Waals surface area contributed by atoms with Crippen molar-refractivity contribution in [3.05, 3.63) is 30.1 Å². The van der Waals surface area contributed by atoms with E-state index in [0.717, 1.165) is 32.1 Å². The Balaban J connectivity index is 1.69. The first-order valence-corrected chi connectivity index (χ1v) is 7.57. The van der Waals surface area contributed by atoms with Gasteiger partial charge in [-0.2, -0.15) is 0 Å². The van der Waals surface area contributed by atoms with Crippen molar-refractivity contribution < 1.29 is 13.9 Å². The van der Waals surface area contributed by atoms with Crippen molar-refractivity contribution in [1.29, 1.82) is 0 Å².